The van der Waals surface area contributed by atoms with Crippen LogP contribution in [-0.4, -0.2) is 29.4 Å². The smallest absolute Gasteiger partial charge is 0.226 e. The Kier molecular flexibility index (Phi) is 10.0. The van der Waals surface area contributed by atoms with E-state index >= 15 is 0 Å². The van der Waals surface area contributed by atoms with Crippen LogP contribution in [0.25, 0.3) is 0 Å². The number of nitrogens with one attached hydrogen (secondary N) is 1. The Hall–Kier alpha value is -0.290. The van der Waals surface area contributed by atoms with Crippen LogP contribution in [0.5, 0.6) is 0 Å². The zero-order valence-corrected chi connectivity index (χ0v) is 10.9. The summed E-state index contributed by atoms with van der Waals surface area (Å²) in [6.45, 7) is 0.737. The Labute approximate surface area is 102 Å². The number of rotatable bonds is 9. The van der Waals surface area contributed by atoms with Crippen molar-refractivity contribution < 1.29 is 4.79 Å². The summed E-state index contributed by atoms with van der Waals surface area (Å²) in [4.78, 5) is 11.4. The molecule has 0 aromatic heterocycles. The van der Waals surface area contributed by atoms with E-state index in [1.54, 1.807) is 0 Å². The molecule has 0 heterocycles. The Bertz CT molecular complexity index is 198. The number of hydrogen-bond acceptors (Lipinski definition) is 3. The van der Waals surface area contributed by atoms with Crippen LogP contribution in [0.3, 0.4) is 0 Å². The molecule has 3 N–H and O–H groups in total. The fraction of sp³-hybridized carbons (Fsp3) is 0.800. The number of carbonyl (C=O) groups is 1. The molecule has 0 spiro atoms. The molecular weight excluding hydrogens is 228 g/mol. The summed E-state index contributed by atoms with van der Waals surface area (Å²) in [5.41, 5.74) is 5.25. The van der Waals surface area contributed by atoms with Gasteiger partial charge in [0, 0.05) is 6.54 Å². The molecule has 0 saturated heterocycles. The summed E-state index contributed by atoms with van der Waals surface area (Å²) < 4.78 is 0. The number of thioether (sulfide) groups is 1. The second-order valence-electron chi connectivity index (χ2n) is 3.40. The van der Waals surface area contributed by atoms with Crippen molar-refractivity contribution in [1.82, 2.24) is 5.32 Å². The van der Waals surface area contributed by atoms with Gasteiger partial charge >= 0.3 is 0 Å². The third kappa shape index (κ3) is 11.6. The standard InChI is InChI=1S/C10H20N2OS2/c1-15-7-5-3-2-4-6-12-10(13)8-9(11)14/h2-8H2,1H3,(H2,11,14)(H,12,13). The first-order valence-electron chi connectivity index (χ1n) is 5.20. The van der Waals surface area contributed by atoms with Gasteiger partial charge in [-0.05, 0) is 24.9 Å². The molecule has 3 nitrogen and oxygen atoms in total. The lowest BCUT2D eigenvalue weighted by atomic mass is 10.2. The number of unbranched alkanes of at least 4 members (excludes halogenated alkanes) is 3. The minimum absolute atomic E-state index is 0.0633. The minimum Gasteiger partial charge on any atom is -0.393 e. The first-order chi connectivity index (χ1) is 7.16. The van der Waals surface area contributed by atoms with Gasteiger partial charge in [0.2, 0.25) is 5.91 Å². The van der Waals surface area contributed by atoms with Crippen molar-refractivity contribution in [3.8, 4) is 0 Å². The molecule has 0 bridgehead atoms. The highest BCUT2D eigenvalue weighted by Crippen LogP contribution is 2.03. The monoisotopic (exact) mass is 248 g/mol. The molecule has 0 atom stereocenters. The third-order valence-electron chi connectivity index (χ3n) is 1.93. The van der Waals surface area contributed by atoms with Gasteiger partial charge in [0.15, 0.2) is 0 Å². The van der Waals surface area contributed by atoms with Crippen molar-refractivity contribution in [2.24, 2.45) is 5.73 Å². The molecule has 1 amide bonds. The van der Waals surface area contributed by atoms with E-state index in [0.29, 0.717) is 0 Å². The van der Waals surface area contributed by atoms with Crippen LogP contribution in [0.15, 0.2) is 0 Å². The molecule has 0 aliphatic rings. The molecule has 0 saturated carbocycles. The Morgan fingerprint density at radius 3 is 2.60 bits per heavy atom. The Morgan fingerprint density at radius 1 is 1.33 bits per heavy atom. The van der Waals surface area contributed by atoms with E-state index < -0.39 is 0 Å². The van der Waals surface area contributed by atoms with Crippen molar-refractivity contribution in [1.29, 1.82) is 0 Å². The normalized spacial score (nSPS) is 9.93. The lowest BCUT2D eigenvalue weighted by Gasteiger charge is -2.04. The number of carbonyl (C=O) groups excluding carboxylic acids is 1. The average molecular weight is 248 g/mol. The van der Waals surface area contributed by atoms with Gasteiger partial charge in [0.05, 0.1) is 11.4 Å². The number of nitrogens with two attached hydrogens (primary N) is 1. The third-order valence-corrected chi connectivity index (χ3v) is 2.77. The van der Waals surface area contributed by atoms with Crippen LogP contribution in [0.1, 0.15) is 32.1 Å². The highest BCUT2D eigenvalue weighted by Gasteiger charge is 2.01. The second kappa shape index (κ2) is 10.2. The fourth-order valence-corrected chi connectivity index (χ4v) is 1.80. The van der Waals surface area contributed by atoms with E-state index in [9.17, 15) is 4.79 Å². The van der Waals surface area contributed by atoms with E-state index in [4.69, 9.17) is 5.73 Å². The second-order valence-corrected chi connectivity index (χ2v) is 4.91. The largest absolute Gasteiger partial charge is 0.393 e. The van der Waals surface area contributed by atoms with E-state index in [1.165, 1.54) is 25.0 Å². The zero-order chi connectivity index (χ0) is 11.5. The fourth-order valence-electron chi connectivity index (χ4n) is 1.17. The van der Waals surface area contributed by atoms with Gasteiger partial charge in [-0.2, -0.15) is 11.8 Å². The summed E-state index contributed by atoms with van der Waals surface area (Å²) in [7, 11) is 0. The predicted octanol–water partition coefficient (Wildman–Crippen LogP) is 1.70. The van der Waals surface area contributed by atoms with Crippen molar-refractivity contribution in [2.75, 3.05) is 18.6 Å². The van der Waals surface area contributed by atoms with Crippen molar-refractivity contribution in [3.05, 3.63) is 0 Å². The van der Waals surface area contributed by atoms with Gasteiger partial charge in [0.25, 0.3) is 0 Å². The van der Waals surface area contributed by atoms with Gasteiger partial charge in [-0.15, -0.1) is 0 Å². The molecule has 0 rings (SSSR count). The SMILES string of the molecule is CSCCCCCCNC(=O)CC(N)=S. The molecule has 88 valence electrons. The number of amides is 1. The molecule has 0 aromatic carbocycles. The van der Waals surface area contributed by atoms with E-state index in [2.05, 4.69) is 23.8 Å². The maximum absolute atomic E-state index is 11.1. The van der Waals surface area contributed by atoms with E-state index in [1.807, 2.05) is 11.8 Å². The molecule has 0 aliphatic carbocycles. The molecule has 0 aromatic rings. The molecule has 0 fully saturated rings. The summed E-state index contributed by atoms with van der Waals surface area (Å²) in [6.07, 6.45) is 7.01. The van der Waals surface area contributed by atoms with Crippen LogP contribution in [0.4, 0.5) is 0 Å². The van der Waals surface area contributed by atoms with Gasteiger partial charge in [-0.3, -0.25) is 4.79 Å². The minimum atomic E-state index is -0.0633. The zero-order valence-electron chi connectivity index (χ0n) is 9.25. The first-order valence-corrected chi connectivity index (χ1v) is 7.01. The van der Waals surface area contributed by atoms with Gasteiger partial charge in [-0.1, -0.05) is 25.1 Å². The lowest BCUT2D eigenvalue weighted by molar-refractivity contribution is -0.119. The van der Waals surface area contributed by atoms with Crippen molar-refractivity contribution in [3.63, 3.8) is 0 Å². The first kappa shape index (κ1) is 14.7. The van der Waals surface area contributed by atoms with Crippen LogP contribution in [0, 0.1) is 0 Å². The van der Waals surface area contributed by atoms with Gasteiger partial charge < -0.3 is 11.1 Å². The van der Waals surface area contributed by atoms with Gasteiger partial charge in [-0.25, -0.2) is 0 Å². The van der Waals surface area contributed by atoms with E-state index in [0.717, 1.165) is 13.0 Å². The Morgan fingerprint density at radius 2 is 2.00 bits per heavy atom. The summed E-state index contributed by atoms with van der Waals surface area (Å²) >= 11 is 6.52. The molecule has 15 heavy (non-hydrogen) atoms. The summed E-state index contributed by atoms with van der Waals surface area (Å²) in [6, 6.07) is 0. The topological polar surface area (TPSA) is 55.1 Å². The molecule has 0 aliphatic heterocycles. The molecular formula is C10H20N2OS2. The van der Waals surface area contributed by atoms with Crippen molar-refractivity contribution in [2.45, 2.75) is 32.1 Å². The number of thiocarbonyl (C=S) groups is 1. The van der Waals surface area contributed by atoms with Crippen molar-refractivity contribution >= 4 is 34.9 Å². The highest BCUT2D eigenvalue weighted by molar-refractivity contribution is 7.98. The lowest BCUT2D eigenvalue weighted by Crippen LogP contribution is -2.28. The highest BCUT2D eigenvalue weighted by atomic mass is 32.2. The quantitative estimate of drug-likeness (QED) is 0.482. The van der Waals surface area contributed by atoms with Crippen LogP contribution in [0.2, 0.25) is 0 Å². The van der Waals surface area contributed by atoms with Crippen LogP contribution < -0.4 is 11.1 Å². The van der Waals surface area contributed by atoms with Crippen LogP contribution >= 0.6 is 24.0 Å². The predicted molar refractivity (Wildman–Crippen MR) is 71.3 cm³/mol. The molecule has 0 radical (unpaired) electrons. The van der Waals surface area contributed by atoms with Gasteiger partial charge in [0.1, 0.15) is 0 Å². The maximum atomic E-state index is 11.1. The number of hydrogen-bond donors (Lipinski definition) is 2. The average Bonchev–Trinajstić information content (AvgIpc) is 2.15. The summed E-state index contributed by atoms with van der Waals surface area (Å²) in [5.74, 6) is 1.17. The molecule has 0 unspecified atom stereocenters. The maximum Gasteiger partial charge on any atom is 0.226 e. The summed E-state index contributed by atoms with van der Waals surface area (Å²) in [5, 5.41) is 2.79. The van der Waals surface area contributed by atoms with Crippen LogP contribution in [-0.2, 0) is 4.79 Å². The molecule has 5 heteroatoms. The Balaban J connectivity index is 3.16. The van der Waals surface area contributed by atoms with E-state index in [-0.39, 0.29) is 17.3 Å².